The number of benzene rings is 1. The van der Waals surface area contributed by atoms with Gasteiger partial charge < -0.3 is 35.4 Å². The van der Waals surface area contributed by atoms with Crippen LogP contribution in [0.5, 0.6) is 0 Å². The number of rotatable bonds is 15. The molecule has 1 saturated carbocycles. The van der Waals surface area contributed by atoms with Gasteiger partial charge in [-0.1, -0.05) is 69.2 Å². The van der Waals surface area contributed by atoms with Crippen molar-refractivity contribution in [3.8, 4) is 0 Å². The zero-order valence-electron chi connectivity index (χ0n) is 25.8. The Kier molecular flexibility index (Phi) is 15.4. The molecule has 4 unspecified atom stereocenters. The lowest BCUT2D eigenvalue weighted by molar-refractivity contribution is -0.123. The smallest absolute Gasteiger partial charge is 0.406 e. The Labute approximate surface area is 261 Å². The van der Waals surface area contributed by atoms with Crippen molar-refractivity contribution in [1.29, 1.82) is 0 Å². The van der Waals surface area contributed by atoms with E-state index >= 15 is 0 Å². The van der Waals surface area contributed by atoms with Crippen molar-refractivity contribution in [3.05, 3.63) is 34.9 Å². The zero-order valence-corrected chi connectivity index (χ0v) is 26.6. The molecule has 0 spiro atoms. The normalized spacial score (nSPS) is 19.6. The third kappa shape index (κ3) is 12.2. The molecule has 1 aliphatic carbocycles. The third-order valence-electron chi connectivity index (χ3n) is 8.54. The topological polar surface area (TPSA) is 129 Å². The maximum atomic E-state index is 13.7. The van der Waals surface area contributed by atoms with Crippen molar-refractivity contribution < 1.29 is 29.0 Å². The summed E-state index contributed by atoms with van der Waals surface area (Å²) in [6.45, 7) is 4.27. The van der Waals surface area contributed by atoms with Gasteiger partial charge in [0, 0.05) is 37.1 Å². The molecule has 0 radical (unpaired) electrons. The fourth-order valence-electron chi connectivity index (χ4n) is 6.19. The van der Waals surface area contributed by atoms with Crippen LogP contribution in [-0.2, 0) is 14.3 Å². The molecule has 2 fully saturated rings. The zero-order chi connectivity index (χ0) is 31.0. The Morgan fingerprint density at radius 3 is 2.60 bits per heavy atom. The molecule has 43 heavy (non-hydrogen) atoms. The Hall–Kier alpha value is -2.56. The SMILES string of the molecule is CCCCNC(=O)CC(O)C(CC1CCCCC1)NC(=O)N1CCCC(C(OCCNC(=O)OC)c2cccc(Cl)c2)C1. The number of urea groups is 1. The number of nitrogens with zero attached hydrogens (tertiary/aromatic N) is 1. The highest BCUT2D eigenvalue weighted by Gasteiger charge is 2.34. The summed E-state index contributed by atoms with van der Waals surface area (Å²) in [5, 5.41) is 20.4. The molecule has 0 bridgehead atoms. The van der Waals surface area contributed by atoms with E-state index in [1.54, 1.807) is 4.90 Å². The van der Waals surface area contributed by atoms with Gasteiger partial charge in [-0.25, -0.2) is 9.59 Å². The van der Waals surface area contributed by atoms with Gasteiger partial charge in [-0.3, -0.25) is 4.79 Å². The van der Waals surface area contributed by atoms with Gasteiger partial charge in [-0.15, -0.1) is 0 Å². The van der Waals surface area contributed by atoms with Gasteiger partial charge >= 0.3 is 12.1 Å². The number of carbonyl (C=O) groups excluding carboxylic acids is 3. The number of alkyl carbamates (subject to hydrolysis) is 1. The minimum atomic E-state index is -0.960. The van der Waals surface area contributed by atoms with E-state index in [1.165, 1.54) is 13.5 Å². The molecule has 1 saturated heterocycles. The van der Waals surface area contributed by atoms with E-state index in [0.717, 1.165) is 56.9 Å². The van der Waals surface area contributed by atoms with E-state index in [9.17, 15) is 19.5 Å². The highest BCUT2D eigenvalue weighted by molar-refractivity contribution is 6.30. The van der Waals surface area contributed by atoms with E-state index in [2.05, 4.69) is 27.6 Å². The summed E-state index contributed by atoms with van der Waals surface area (Å²) in [6, 6.07) is 6.80. The van der Waals surface area contributed by atoms with Gasteiger partial charge in [0.15, 0.2) is 0 Å². The molecule has 0 aromatic heterocycles. The summed E-state index contributed by atoms with van der Waals surface area (Å²) >= 11 is 6.31. The number of unbranched alkanes of at least 4 members (excludes halogenated alkanes) is 1. The van der Waals surface area contributed by atoms with Crippen molar-refractivity contribution in [3.63, 3.8) is 0 Å². The number of ether oxygens (including phenoxy) is 2. The fourth-order valence-corrected chi connectivity index (χ4v) is 6.39. The van der Waals surface area contributed by atoms with E-state index in [4.69, 9.17) is 16.3 Å². The molecule has 1 aromatic carbocycles. The molecule has 3 rings (SSSR count). The van der Waals surface area contributed by atoms with Gasteiger partial charge in [0.2, 0.25) is 5.91 Å². The number of methoxy groups -OCH3 is 1. The Balaban J connectivity index is 1.67. The largest absolute Gasteiger partial charge is 0.453 e. The number of carbonyl (C=O) groups is 3. The average molecular weight is 623 g/mol. The summed E-state index contributed by atoms with van der Waals surface area (Å²) in [5.41, 5.74) is 0.914. The van der Waals surface area contributed by atoms with Gasteiger partial charge in [-0.05, 0) is 49.3 Å². The van der Waals surface area contributed by atoms with Crippen molar-refractivity contribution in [1.82, 2.24) is 20.9 Å². The Morgan fingerprint density at radius 2 is 1.88 bits per heavy atom. The quantitative estimate of drug-likeness (QED) is 0.200. The highest BCUT2D eigenvalue weighted by atomic mass is 35.5. The molecular weight excluding hydrogens is 572 g/mol. The van der Waals surface area contributed by atoms with E-state index in [-0.39, 0.29) is 43.5 Å². The number of aliphatic hydroxyl groups is 1. The third-order valence-corrected chi connectivity index (χ3v) is 8.77. The number of nitrogens with one attached hydrogen (secondary N) is 3. The molecule has 11 heteroatoms. The molecule has 2 aliphatic rings. The standard InChI is InChI=1S/C32H51ClN4O6/c1-3-4-15-34-29(39)21-28(38)27(19-23-10-6-5-7-11-23)36-31(40)37-17-9-13-25(22-37)30(24-12-8-14-26(33)20-24)43-18-16-35-32(41)42-2/h8,12,14,20,23,25,27-28,30,38H,3-7,9-11,13,15-19,21-22H2,1-2H3,(H,34,39)(H,35,41)(H,36,40). The highest BCUT2D eigenvalue weighted by Crippen LogP contribution is 2.34. The summed E-state index contributed by atoms with van der Waals surface area (Å²) < 4.78 is 10.9. The molecule has 10 nitrogen and oxygen atoms in total. The average Bonchev–Trinajstić information content (AvgIpc) is 3.01. The lowest BCUT2D eigenvalue weighted by atomic mass is 9.83. The van der Waals surface area contributed by atoms with Crippen LogP contribution >= 0.6 is 11.6 Å². The molecule has 1 aromatic rings. The number of amides is 4. The second kappa shape index (κ2) is 19.0. The van der Waals surface area contributed by atoms with Crippen LogP contribution < -0.4 is 16.0 Å². The van der Waals surface area contributed by atoms with Crippen LogP contribution in [0.3, 0.4) is 0 Å². The number of piperidine rings is 1. The van der Waals surface area contributed by atoms with Crippen LogP contribution in [-0.4, -0.2) is 80.1 Å². The lowest BCUT2D eigenvalue weighted by Gasteiger charge is -2.38. The van der Waals surface area contributed by atoms with Gasteiger partial charge in [-0.2, -0.15) is 0 Å². The first-order chi connectivity index (χ1) is 20.8. The molecule has 1 aliphatic heterocycles. The fraction of sp³-hybridized carbons (Fsp3) is 0.719. The summed E-state index contributed by atoms with van der Waals surface area (Å²) in [4.78, 5) is 39.4. The second-order valence-corrected chi connectivity index (χ2v) is 12.3. The minimum absolute atomic E-state index is 0.00200. The first-order valence-corrected chi connectivity index (χ1v) is 16.4. The van der Waals surface area contributed by atoms with Crippen molar-refractivity contribution >= 4 is 29.6 Å². The summed E-state index contributed by atoms with van der Waals surface area (Å²) in [7, 11) is 1.31. The van der Waals surface area contributed by atoms with Crippen LogP contribution in [0.15, 0.2) is 24.3 Å². The van der Waals surface area contributed by atoms with Gasteiger partial charge in [0.25, 0.3) is 0 Å². The van der Waals surface area contributed by atoms with E-state index in [0.29, 0.717) is 37.0 Å². The predicted molar refractivity (Wildman–Crippen MR) is 167 cm³/mol. The number of aliphatic hydroxyl groups excluding tert-OH is 1. The molecule has 4 atom stereocenters. The van der Waals surface area contributed by atoms with E-state index < -0.39 is 18.2 Å². The maximum Gasteiger partial charge on any atom is 0.406 e. The van der Waals surface area contributed by atoms with Crippen LogP contribution in [0.4, 0.5) is 9.59 Å². The lowest BCUT2D eigenvalue weighted by Crippen LogP contribution is -2.53. The van der Waals surface area contributed by atoms with Crippen LogP contribution in [0, 0.1) is 11.8 Å². The first-order valence-electron chi connectivity index (χ1n) is 16.0. The number of halogens is 1. The molecule has 4 N–H and O–H groups in total. The molecule has 242 valence electrons. The summed E-state index contributed by atoms with van der Waals surface area (Å²) in [5.74, 6) is 0.234. The van der Waals surface area contributed by atoms with Crippen molar-refractivity contribution in [2.24, 2.45) is 11.8 Å². The minimum Gasteiger partial charge on any atom is -0.453 e. The molecule has 1 heterocycles. The maximum absolute atomic E-state index is 13.7. The first kappa shape index (κ1) is 34.9. The number of likely N-dealkylation sites (tertiary alicyclic amines) is 1. The number of hydrogen-bond acceptors (Lipinski definition) is 6. The van der Waals surface area contributed by atoms with E-state index in [1.807, 2.05) is 24.3 Å². The monoisotopic (exact) mass is 622 g/mol. The summed E-state index contributed by atoms with van der Waals surface area (Å²) in [6.07, 6.45) is 8.05. The van der Waals surface area contributed by atoms with Gasteiger partial charge in [0.05, 0.1) is 38.4 Å². The Morgan fingerprint density at radius 1 is 1.09 bits per heavy atom. The van der Waals surface area contributed by atoms with Crippen LogP contribution in [0.25, 0.3) is 0 Å². The van der Waals surface area contributed by atoms with Gasteiger partial charge in [0.1, 0.15) is 0 Å². The second-order valence-electron chi connectivity index (χ2n) is 11.9. The van der Waals surface area contributed by atoms with Crippen molar-refractivity contribution in [2.45, 2.75) is 95.8 Å². The van der Waals surface area contributed by atoms with Crippen LogP contribution in [0.1, 0.15) is 89.2 Å². The molecule has 4 amide bonds. The number of hydrogen-bond donors (Lipinski definition) is 4. The van der Waals surface area contributed by atoms with Crippen LogP contribution in [0.2, 0.25) is 5.02 Å². The molecular formula is C32H51ClN4O6. The Bertz CT molecular complexity index is 1010. The van der Waals surface area contributed by atoms with Crippen molar-refractivity contribution in [2.75, 3.05) is 39.9 Å². The predicted octanol–water partition coefficient (Wildman–Crippen LogP) is 5.18.